The van der Waals surface area contributed by atoms with E-state index in [0.29, 0.717) is 12.3 Å². The number of aryl methyl sites for hydroxylation is 1. The number of carbonyl (C=O) groups excluding carboxylic acids is 1. The zero-order valence-corrected chi connectivity index (χ0v) is 19.9. The van der Waals surface area contributed by atoms with Crippen molar-refractivity contribution in [1.29, 1.82) is 5.26 Å². The Hall–Kier alpha value is -2.63. The molecule has 4 nitrogen and oxygen atoms in total. The Bertz CT molecular complexity index is 1110. The van der Waals surface area contributed by atoms with Gasteiger partial charge in [-0.3, -0.25) is 4.79 Å². The summed E-state index contributed by atoms with van der Waals surface area (Å²) in [4.78, 5) is 12.5. The van der Waals surface area contributed by atoms with E-state index in [1.165, 1.54) is 0 Å². The Balaban J connectivity index is 1.77. The highest BCUT2D eigenvalue weighted by Gasteiger charge is 2.13. The Morgan fingerprint density at radius 3 is 2.60 bits per heavy atom. The van der Waals surface area contributed by atoms with E-state index in [-0.39, 0.29) is 5.57 Å². The van der Waals surface area contributed by atoms with E-state index in [2.05, 4.69) is 43.8 Å². The number of hydrogen-bond donors (Lipinski definition) is 1. The van der Waals surface area contributed by atoms with Gasteiger partial charge in [-0.25, -0.2) is 0 Å². The van der Waals surface area contributed by atoms with Crippen LogP contribution < -0.4 is 10.1 Å². The van der Waals surface area contributed by atoms with Crippen molar-refractivity contribution >= 4 is 56.2 Å². The summed E-state index contributed by atoms with van der Waals surface area (Å²) < 4.78 is 7.59. The van der Waals surface area contributed by atoms with Crippen LogP contribution in [0.5, 0.6) is 5.75 Å². The van der Waals surface area contributed by atoms with Crippen molar-refractivity contribution in [2.45, 2.75) is 13.5 Å². The average molecular weight is 573 g/mol. The number of nitriles is 1. The summed E-state index contributed by atoms with van der Waals surface area (Å²) in [6, 6.07) is 23.0. The molecule has 0 aliphatic rings. The van der Waals surface area contributed by atoms with Crippen LogP contribution in [0.15, 0.2) is 76.8 Å². The van der Waals surface area contributed by atoms with Gasteiger partial charge in [0.1, 0.15) is 24.0 Å². The van der Waals surface area contributed by atoms with Gasteiger partial charge in [0.2, 0.25) is 0 Å². The SMILES string of the molecule is Cc1cccc(NC(=O)/C(C#N)=C\c2cc(Br)c(OCc3ccccc3)c(I)c2)c1. The number of hydrogen-bond acceptors (Lipinski definition) is 3. The minimum Gasteiger partial charge on any atom is -0.487 e. The molecule has 0 unspecified atom stereocenters. The van der Waals surface area contributed by atoms with Crippen molar-refractivity contribution < 1.29 is 9.53 Å². The highest BCUT2D eigenvalue weighted by atomic mass is 127. The second kappa shape index (κ2) is 10.4. The third kappa shape index (κ3) is 5.94. The molecular formula is C24H18BrIN2O2. The van der Waals surface area contributed by atoms with Crippen LogP contribution in [-0.2, 0) is 11.4 Å². The molecule has 0 aliphatic carbocycles. The van der Waals surface area contributed by atoms with Crippen molar-refractivity contribution in [2.24, 2.45) is 0 Å². The smallest absolute Gasteiger partial charge is 0.266 e. The highest BCUT2D eigenvalue weighted by molar-refractivity contribution is 14.1. The first-order valence-electron chi connectivity index (χ1n) is 9.12. The summed E-state index contributed by atoms with van der Waals surface area (Å²) in [5, 5.41) is 12.2. The van der Waals surface area contributed by atoms with Crippen molar-refractivity contribution in [2.75, 3.05) is 5.32 Å². The molecule has 3 aromatic carbocycles. The van der Waals surface area contributed by atoms with Gasteiger partial charge in [-0.05, 0) is 92.5 Å². The topological polar surface area (TPSA) is 62.1 Å². The molecule has 0 saturated heterocycles. The third-order valence-electron chi connectivity index (χ3n) is 4.20. The lowest BCUT2D eigenvalue weighted by Crippen LogP contribution is -2.13. The number of rotatable bonds is 6. The first-order valence-corrected chi connectivity index (χ1v) is 11.0. The van der Waals surface area contributed by atoms with Gasteiger partial charge in [0.05, 0.1) is 8.04 Å². The van der Waals surface area contributed by atoms with E-state index in [1.807, 2.05) is 73.7 Å². The van der Waals surface area contributed by atoms with Gasteiger partial charge in [-0.2, -0.15) is 5.26 Å². The number of benzene rings is 3. The molecule has 1 amide bonds. The second-order valence-electron chi connectivity index (χ2n) is 6.58. The molecule has 0 bridgehead atoms. The fraction of sp³-hybridized carbons (Fsp3) is 0.0833. The summed E-state index contributed by atoms with van der Waals surface area (Å²) in [5.74, 6) is 0.276. The van der Waals surface area contributed by atoms with Crippen LogP contribution in [0.3, 0.4) is 0 Å². The van der Waals surface area contributed by atoms with Gasteiger partial charge in [0.25, 0.3) is 5.91 Å². The zero-order valence-electron chi connectivity index (χ0n) is 16.2. The molecule has 0 fully saturated rings. The fourth-order valence-corrected chi connectivity index (χ4v) is 4.54. The lowest BCUT2D eigenvalue weighted by molar-refractivity contribution is -0.112. The molecule has 0 saturated carbocycles. The number of ether oxygens (including phenoxy) is 1. The first kappa shape index (κ1) is 22.1. The number of halogens is 2. The van der Waals surface area contributed by atoms with Crippen molar-refractivity contribution in [3.05, 3.63) is 97.0 Å². The minimum absolute atomic E-state index is 0.0251. The molecule has 6 heteroatoms. The highest BCUT2D eigenvalue weighted by Crippen LogP contribution is 2.33. The van der Waals surface area contributed by atoms with E-state index >= 15 is 0 Å². The van der Waals surface area contributed by atoms with Gasteiger partial charge in [0.15, 0.2) is 0 Å². The second-order valence-corrected chi connectivity index (χ2v) is 8.60. The van der Waals surface area contributed by atoms with Crippen LogP contribution in [0.2, 0.25) is 0 Å². The summed E-state index contributed by atoms with van der Waals surface area (Å²) in [6.45, 7) is 2.39. The quantitative estimate of drug-likeness (QED) is 0.209. The number of amides is 1. The van der Waals surface area contributed by atoms with E-state index in [1.54, 1.807) is 12.1 Å². The summed E-state index contributed by atoms with van der Waals surface area (Å²) in [7, 11) is 0. The van der Waals surface area contributed by atoms with Crippen LogP contribution in [0.1, 0.15) is 16.7 Å². The molecule has 0 atom stereocenters. The predicted octanol–water partition coefficient (Wildman–Crippen LogP) is 6.49. The Morgan fingerprint density at radius 1 is 1.17 bits per heavy atom. The maximum Gasteiger partial charge on any atom is 0.266 e. The molecule has 1 N–H and O–H groups in total. The van der Waals surface area contributed by atoms with E-state index < -0.39 is 5.91 Å². The molecule has 3 rings (SSSR count). The molecule has 30 heavy (non-hydrogen) atoms. The molecule has 3 aromatic rings. The number of nitrogens with zero attached hydrogens (tertiary/aromatic N) is 1. The van der Waals surface area contributed by atoms with E-state index in [4.69, 9.17) is 4.74 Å². The fourth-order valence-electron chi connectivity index (χ4n) is 2.77. The van der Waals surface area contributed by atoms with Crippen LogP contribution >= 0.6 is 38.5 Å². The van der Waals surface area contributed by atoms with Gasteiger partial charge >= 0.3 is 0 Å². The normalized spacial score (nSPS) is 10.9. The molecule has 0 spiro atoms. The maximum absolute atomic E-state index is 12.5. The first-order chi connectivity index (χ1) is 14.5. The average Bonchev–Trinajstić information content (AvgIpc) is 2.72. The van der Waals surface area contributed by atoms with Crippen molar-refractivity contribution in [3.8, 4) is 11.8 Å². The Labute approximate surface area is 197 Å². The third-order valence-corrected chi connectivity index (χ3v) is 5.59. The van der Waals surface area contributed by atoms with Gasteiger partial charge in [-0.15, -0.1) is 0 Å². The Kier molecular flexibility index (Phi) is 7.66. The van der Waals surface area contributed by atoms with Crippen molar-refractivity contribution in [1.82, 2.24) is 0 Å². The van der Waals surface area contributed by atoms with Gasteiger partial charge in [0, 0.05) is 5.69 Å². The minimum atomic E-state index is -0.446. The predicted molar refractivity (Wildman–Crippen MR) is 131 cm³/mol. The summed E-state index contributed by atoms with van der Waals surface area (Å²) in [5.41, 5.74) is 3.51. The van der Waals surface area contributed by atoms with E-state index in [9.17, 15) is 10.1 Å². The molecule has 150 valence electrons. The van der Waals surface area contributed by atoms with Gasteiger partial charge in [-0.1, -0.05) is 42.5 Å². The van der Waals surface area contributed by atoms with Crippen LogP contribution in [0.25, 0.3) is 6.08 Å². The van der Waals surface area contributed by atoms with Gasteiger partial charge < -0.3 is 10.1 Å². The monoisotopic (exact) mass is 572 g/mol. The van der Waals surface area contributed by atoms with E-state index in [0.717, 1.165) is 30.5 Å². The number of carbonyl (C=O) groups is 1. The van der Waals surface area contributed by atoms with Crippen molar-refractivity contribution in [3.63, 3.8) is 0 Å². The number of anilines is 1. The molecular weight excluding hydrogens is 555 g/mol. The Morgan fingerprint density at radius 2 is 1.93 bits per heavy atom. The lowest BCUT2D eigenvalue weighted by Gasteiger charge is -2.12. The molecule has 0 aromatic heterocycles. The number of nitrogens with one attached hydrogen (secondary N) is 1. The van der Waals surface area contributed by atoms with Crippen LogP contribution in [-0.4, -0.2) is 5.91 Å². The summed E-state index contributed by atoms with van der Waals surface area (Å²) >= 11 is 5.72. The lowest BCUT2D eigenvalue weighted by atomic mass is 10.1. The molecule has 0 heterocycles. The van der Waals surface area contributed by atoms with Crippen LogP contribution in [0.4, 0.5) is 5.69 Å². The molecule has 0 radical (unpaired) electrons. The largest absolute Gasteiger partial charge is 0.487 e. The summed E-state index contributed by atoms with van der Waals surface area (Å²) in [6.07, 6.45) is 1.57. The standard InChI is InChI=1S/C24H18BrIN2O2/c1-16-6-5-9-20(10-16)28-24(29)19(14-27)11-18-12-21(25)23(22(26)13-18)30-15-17-7-3-2-4-8-17/h2-13H,15H2,1H3,(H,28,29)/b19-11-. The zero-order chi connectivity index (χ0) is 21.5. The maximum atomic E-state index is 12.5. The van der Waals surface area contributed by atoms with Crippen LogP contribution in [0, 0.1) is 21.8 Å². The molecule has 0 aliphatic heterocycles.